The van der Waals surface area contributed by atoms with Gasteiger partial charge in [-0.25, -0.2) is 0 Å². The predicted octanol–water partition coefficient (Wildman–Crippen LogP) is 5.05. The zero-order chi connectivity index (χ0) is 15.0. The number of hydrogen-bond acceptors (Lipinski definition) is 3. The Hall–Kier alpha value is -2.21. The van der Waals surface area contributed by atoms with Gasteiger partial charge in [0.1, 0.15) is 17.5 Å². The van der Waals surface area contributed by atoms with Crippen LogP contribution in [-0.2, 0) is 0 Å². The number of benzene rings is 1. The van der Waals surface area contributed by atoms with Gasteiger partial charge in [-0.3, -0.25) is 4.98 Å². The number of alkyl halides is 3. The number of fused-ring (bicyclic) bond motifs is 1. The standard InChI is InChI=1S/C14H7ClF3NO2/c15-9-5-12-13(19-6-9)11(7-20-12)8-2-1-3-10(4-8)21-14(16,17)18/h1-7H. The monoisotopic (exact) mass is 313 g/mol. The highest BCUT2D eigenvalue weighted by Gasteiger charge is 2.31. The number of aromatic nitrogens is 1. The summed E-state index contributed by atoms with van der Waals surface area (Å²) in [5.74, 6) is -0.302. The molecule has 3 nitrogen and oxygen atoms in total. The highest BCUT2D eigenvalue weighted by molar-refractivity contribution is 6.31. The van der Waals surface area contributed by atoms with Crippen molar-refractivity contribution in [3.8, 4) is 16.9 Å². The first kappa shape index (κ1) is 13.8. The molecule has 0 spiro atoms. The molecule has 0 fully saturated rings. The van der Waals surface area contributed by atoms with Crippen LogP contribution in [0.1, 0.15) is 0 Å². The summed E-state index contributed by atoms with van der Waals surface area (Å²) in [5, 5.41) is 0.414. The minimum atomic E-state index is -4.73. The van der Waals surface area contributed by atoms with Crippen LogP contribution in [0, 0.1) is 0 Å². The molecule has 108 valence electrons. The second-order valence-corrected chi connectivity index (χ2v) is 4.66. The van der Waals surface area contributed by atoms with Gasteiger partial charge in [-0.2, -0.15) is 0 Å². The molecule has 1 aromatic carbocycles. The molecule has 2 aromatic heterocycles. The van der Waals surface area contributed by atoms with Gasteiger partial charge < -0.3 is 9.15 Å². The van der Waals surface area contributed by atoms with Crippen molar-refractivity contribution < 1.29 is 22.3 Å². The van der Waals surface area contributed by atoms with Crippen LogP contribution < -0.4 is 4.74 Å². The van der Waals surface area contributed by atoms with E-state index >= 15 is 0 Å². The van der Waals surface area contributed by atoms with Crippen LogP contribution in [0.3, 0.4) is 0 Å². The molecule has 0 saturated carbocycles. The topological polar surface area (TPSA) is 35.3 Å². The summed E-state index contributed by atoms with van der Waals surface area (Å²) in [6, 6.07) is 7.19. The lowest BCUT2D eigenvalue weighted by atomic mass is 10.1. The van der Waals surface area contributed by atoms with E-state index in [-0.39, 0.29) is 5.75 Å². The quantitative estimate of drug-likeness (QED) is 0.664. The first-order valence-corrected chi connectivity index (χ1v) is 6.19. The average Bonchev–Trinajstić information content (AvgIpc) is 2.79. The molecule has 0 N–H and O–H groups in total. The molecule has 0 aliphatic carbocycles. The van der Waals surface area contributed by atoms with Gasteiger partial charge in [-0.15, -0.1) is 13.2 Å². The van der Waals surface area contributed by atoms with E-state index in [0.717, 1.165) is 0 Å². The highest BCUT2D eigenvalue weighted by Crippen LogP contribution is 2.33. The Morgan fingerprint density at radius 3 is 2.76 bits per heavy atom. The average molecular weight is 314 g/mol. The minimum absolute atomic E-state index is 0.302. The van der Waals surface area contributed by atoms with E-state index in [1.54, 1.807) is 12.1 Å². The number of furan rings is 1. The molecule has 0 amide bonds. The Labute approximate surface area is 121 Å². The fraction of sp³-hybridized carbons (Fsp3) is 0.0714. The summed E-state index contributed by atoms with van der Waals surface area (Å²) >= 11 is 5.80. The summed E-state index contributed by atoms with van der Waals surface area (Å²) in [6.07, 6.45) is -1.87. The third-order valence-corrected chi connectivity index (χ3v) is 2.96. The molecule has 2 heterocycles. The lowest BCUT2D eigenvalue weighted by molar-refractivity contribution is -0.274. The van der Waals surface area contributed by atoms with Crippen molar-refractivity contribution >= 4 is 22.7 Å². The van der Waals surface area contributed by atoms with Gasteiger partial charge in [0.05, 0.1) is 5.02 Å². The minimum Gasteiger partial charge on any atom is -0.462 e. The van der Waals surface area contributed by atoms with Gasteiger partial charge in [-0.05, 0) is 17.7 Å². The van der Waals surface area contributed by atoms with Gasteiger partial charge in [0, 0.05) is 17.8 Å². The number of ether oxygens (including phenoxy) is 1. The van der Waals surface area contributed by atoms with Gasteiger partial charge >= 0.3 is 6.36 Å². The van der Waals surface area contributed by atoms with Crippen molar-refractivity contribution in [1.82, 2.24) is 4.98 Å². The van der Waals surface area contributed by atoms with Crippen LogP contribution in [0.4, 0.5) is 13.2 Å². The van der Waals surface area contributed by atoms with E-state index in [1.165, 1.54) is 30.7 Å². The fourth-order valence-corrected chi connectivity index (χ4v) is 2.10. The van der Waals surface area contributed by atoms with Crippen molar-refractivity contribution in [1.29, 1.82) is 0 Å². The van der Waals surface area contributed by atoms with Crippen molar-refractivity contribution in [2.45, 2.75) is 6.36 Å². The fourth-order valence-electron chi connectivity index (χ4n) is 1.96. The van der Waals surface area contributed by atoms with Gasteiger partial charge in [-0.1, -0.05) is 23.7 Å². The van der Waals surface area contributed by atoms with Crippen LogP contribution in [0.5, 0.6) is 5.75 Å². The van der Waals surface area contributed by atoms with E-state index < -0.39 is 6.36 Å². The molecule has 21 heavy (non-hydrogen) atoms. The molecule has 3 rings (SSSR count). The zero-order valence-corrected chi connectivity index (χ0v) is 11.1. The molecule has 0 bridgehead atoms. The molecular weight excluding hydrogens is 307 g/mol. The van der Waals surface area contributed by atoms with E-state index in [2.05, 4.69) is 9.72 Å². The maximum Gasteiger partial charge on any atom is 0.573 e. The molecule has 0 aliphatic heterocycles. The third-order valence-electron chi connectivity index (χ3n) is 2.76. The van der Waals surface area contributed by atoms with Crippen molar-refractivity contribution in [3.05, 3.63) is 47.8 Å². The molecule has 0 aliphatic rings. The number of rotatable bonds is 2. The second-order valence-electron chi connectivity index (χ2n) is 4.23. The summed E-state index contributed by atoms with van der Waals surface area (Å²) < 4.78 is 45.9. The highest BCUT2D eigenvalue weighted by atomic mass is 35.5. The van der Waals surface area contributed by atoms with Crippen molar-refractivity contribution in [3.63, 3.8) is 0 Å². The van der Waals surface area contributed by atoms with E-state index in [4.69, 9.17) is 16.0 Å². The molecule has 0 saturated heterocycles. The number of nitrogens with zero attached hydrogens (tertiary/aromatic N) is 1. The van der Waals surface area contributed by atoms with Gasteiger partial charge in [0.25, 0.3) is 0 Å². The Kier molecular flexibility index (Phi) is 3.25. The second kappa shape index (κ2) is 4.96. The van der Waals surface area contributed by atoms with Crippen LogP contribution in [-0.4, -0.2) is 11.3 Å². The van der Waals surface area contributed by atoms with E-state index in [0.29, 0.717) is 27.2 Å². The smallest absolute Gasteiger partial charge is 0.462 e. The van der Waals surface area contributed by atoms with Crippen LogP contribution in [0.15, 0.2) is 47.2 Å². The van der Waals surface area contributed by atoms with Crippen molar-refractivity contribution in [2.24, 2.45) is 0 Å². The molecule has 0 atom stereocenters. The Morgan fingerprint density at radius 1 is 1.19 bits per heavy atom. The SMILES string of the molecule is FC(F)(F)Oc1cccc(-c2coc3cc(Cl)cnc23)c1. The van der Waals surface area contributed by atoms with Crippen LogP contribution >= 0.6 is 11.6 Å². The first-order chi connectivity index (χ1) is 9.92. The summed E-state index contributed by atoms with van der Waals surface area (Å²) in [4.78, 5) is 4.13. The van der Waals surface area contributed by atoms with Crippen LogP contribution in [0.25, 0.3) is 22.2 Å². The van der Waals surface area contributed by atoms with Gasteiger partial charge in [0.15, 0.2) is 5.58 Å². The number of pyridine rings is 1. The third kappa shape index (κ3) is 2.95. The predicted molar refractivity (Wildman–Crippen MR) is 71.1 cm³/mol. The Balaban J connectivity index is 2.04. The summed E-state index contributed by atoms with van der Waals surface area (Å²) in [5.41, 5.74) is 2.04. The Bertz CT molecular complexity index is 798. The molecule has 3 aromatic rings. The number of halogens is 4. The normalized spacial score (nSPS) is 11.8. The van der Waals surface area contributed by atoms with Gasteiger partial charge in [0.2, 0.25) is 0 Å². The lowest BCUT2D eigenvalue weighted by Gasteiger charge is -2.09. The van der Waals surface area contributed by atoms with Crippen molar-refractivity contribution in [2.75, 3.05) is 0 Å². The van der Waals surface area contributed by atoms with E-state index in [1.807, 2.05) is 0 Å². The zero-order valence-electron chi connectivity index (χ0n) is 10.3. The molecule has 7 heteroatoms. The van der Waals surface area contributed by atoms with E-state index in [9.17, 15) is 13.2 Å². The molecule has 0 unspecified atom stereocenters. The maximum atomic E-state index is 12.2. The molecular formula is C14H7ClF3NO2. The summed E-state index contributed by atoms with van der Waals surface area (Å²) in [7, 11) is 0. The molecule has 0 radical (unpaired) electrons. The largest absolute Gasteiger partial charge is 0.573 e. The number of hydrogen-bond donors (Lipinski definition) is 0. The maximum absolute atomic E-state index is 12.2. The summed E-state index contributed by atoms with van der Waals surface area (Å²) in [6.45, 7) is 0. The lowest BCUT2D eigenvalue weighted by Crippen LogP contribution is -2.17. The first-order valence-electron chi connectivity index (χ1n) is 5.81. The Morgan fingerprint density at radius 2 is 2.00 bits per heavy atom. The van der Waals surface area contributed by atoms with Crippen LogP contribution in [0.2, 0.25) is 5.02 Å².